The average molecular weight is 310 g/mol. The number of ether oxygens (including phenoxy) is 1. The smallest absolute Gasteiger partial charge is 0.149 e. The van der Waals surface area contributed by atoms with E-state index in [0.717, 1.165) is 24.0 Å². The highest BCUT2D eigenvalue weighted by Gasteiger charge is 2.06. The summed E-state index contributed by atoms with van der Waals surface area (Å²) in [5, 5.41) is 4.43. The predicted octanol–water partition coefficient (Wildman–Crippen LogP) is 1.42. The van der Waals surface area contributed by atoms with Crippen molar-refractivity contribution in [3.63, 3.8) is 0 Å². The van der Waals surface area contributed by atoms with E-state index in [2.05, 4.69) is 23.5 Å². The Balaban J connectivity index is 2.09. The van der Waals surface area contributed by atoms with Gasteiger partial charge in [0, 0.05) is 44.7 Å². The molecule has 0 atom stereocenters. The van der Waals surface area contributed by atoms with Gasteiger partial charge < -0.3 is 14.6 Å². The van der Waals surface area contributed by atoms with Crippen LogP contribution in [0.4, 0.5) is 0 Å². The van der Waals surface area contributed by atoms with Crippen LogP contribution in [0, 0.1) is 0 Å². The number of hydrogen-bond acceptors (Lipinski definition) is 4. The van der Waals surface area contributed by atoms with Crippen molar-refractivity contribution in [3.8, 4) is 0 Å². The summed E-state index contributed by atoms with van der Waals surface area (Å²) >= 11 is 0. The summed E-state index contributed by atoms with van der Waals surface area (Å²) in [6, 6.07) is 8.28. The van der Waals surface area contributed by atoms with E-state index in [-0.39, 0.29) is 5.75 Å². The molecule has 21 heavy (non-hydrogen) atoms. The highest BCUT2D eigenvalue weighted by molar-refractivity contribution is 7.90. The van der Waals surface area contributed by atoms with Crippen LogP contribution in [-0.2, 0) is 27.7 Å². The summed E-state index contributed by atoms with van der Waals surface area (Å²) in [5.41, 5.74) is 2.25. The van der Waals surface area contributed by atoms with Gasteiger partial charge in [0.2, 0.25) is 0 Å². The number of aromatic nitrogens is 1. The van der Waals surface area contributed by atoms with Gasteiger partial charge in [0.1, 0.15) is 9.84 Å². The van der Waals surface area contributed by atoms with Crippen LogP contribution in [0.2, 0.25) is 0 Å². The molecule has 0 spiro atoms. The maximum absolute atomic E-state index is 11.3. The van der Waals surface area contributed by atoms with Crippen LogP contribution in [0.5, 0.6) is 0 Å². The zero-order valence-corrected chi connectivity index (χ0v) is 13.3. The van der Waals surface area contributed by atoms with Gasteiger partial charge in [0.15, 0.2) is 0 Å². The minimum absolute atomic E-state index is 0.160. The summed E-state index contributed by atoms with van der Waals surface area (Å²) in [7, 11) is -1.26. The number of nitrogens with zero attached hydrogens (tertiary/aromatic N) is 1. The van der Waals surface area contributed by atoms with E-state index >= 15 is 0 Å². The van der Waals surface area contributed by atoms with E-state index in [4.69, 9.17) is 4.74 Å². The number of methoxy groups -OCH3 is 1. The lowest BCUT2D eigenvalue weighted by atomic mass is 10.1. The fraction of sp³-hybridized carbons (Fsp3) is 0.467. The maximum atomic E-state index is 11.3. The predicted molar refractivity (Wildman–Crippen MR) is 85.2 cm³/mol. The van der Waals surface area contributed by atoms with Crippen LogP contribution < -0.4 is 5.32 Å². The van der Waals surface area contributed by atoms with Gasteiger partial charge in [-0.15, -0.1) is 0 Å². The Morgan fingerprint density at radius 2 is 2.10 bits per heavy atom. The van der Waals surface area contributed by atoms with E-state index in [1.54, 1.807) is 7.11 Å². The highest BCUT2D eigenvalue weighted by Crippen LogP contribution is 2.18. The number of sulfone groups is 1. The molecule has 5 nitrogen and oxygen atoms in total. The molecule has 0 aliphatic rings. The molecule has 2 rings (SSSR count). The van der Waals surface area contributed by atoms with Gasteiger partial charge in [-0.2, -0.15) is 0 Å². The van der Waals surface area contributed by atoms with Crippen molar-refractivity contribution in [3.05, 3.63) is 36.0 Å². The second kappa shape index (κ2) is 7.06. The molecule has 1 aromatic heterocycles. The standard InChI is InChI=1S/C15H22N2O3S/c1-20-9-6-16-12-13-3-4-14-5-7-17(15(14)11-13)8-10-21(2,18)19/h3-5,7,11,16H,6,8-10,12H2,1-2H3. The fourth-order valence-electron chi connectivity index (χ4n) is 2.21. The SMILES string of the molecule is COCCNCc1ccc2ccn(CCS(C)(=O)=O)c2c1. The fourth-order valence-corrected chi connectivity index (χ4v) is 2.73. The third-order valence-electron chi connectivity index (χ3n) is 3.35. The largest absolute Gasteiger partial charge is 0.383 e. The first-order valence-corrected chi connectivity index (χ1v) is 9.01. The molecule has 0 saturated carbocycles. The van der Waals surface area contributed by atoms with Crippen molar-refractivity contribution in [1.82, 2.24) is 9.88 Å². The van der Waals surface area contributed by atoms with Gasteiger partial charge in [-0.1, -0.05) is 12.1 Å². The molecule has 0 saturated heterocycles. The van der Waals surface area contributed by atoms with Gasteiger partial charge >= 0.3 is 0 Å². The first kappa shape index (κ1) is 16.0. The topological polar surface area (TPSA) is 60.3 Å². The Morgan fingerprint density at radius 1 is 1.29 bits per heavy atom. The lowest BCUT2D eigenvalue weighted by Gasteiger charge is -2.07. The number of benzene rings is 1. The summed E-state index contributed by atoms with van der Waals surface area (Å²) in [4.78, 5) is 0. The molecule has 0 aliphatic carbocycles. The first-order chi connectivity index (χ1) is 9.99. The molecule has 116 valence electrons. The molecule has 1 N–H and O–H groups in total. The third-order valence-corrected chi connectivity index (χ3v) is 4.28. The average Bonchev–Trinajstić information content (AvgIpc) is 2.83. The number of nitrogens with one attached hydrogen (secondary N) is 1. The summed E-state index contributed by atoms with van der Waals surface area (Å²) < 4.78 is 29.6. The van der Waals surface area contributed by atoms with Crippen molar-refractivity contribution in [2.45, 2.75) is 13.1 Å². The van der Waals surface area contributed by atoms with Gasteiger partial charge in [-0.3, -0.25) is 0 Å². The molecule has 0 aliphatic heterocycles. The summed E-state index contributed by atoms with van der Waals surface area (Å²) in [6.45, 7) is 2.76. The van der Waals surface area contributed by atoms with Crippen molar-refractivity contribution in [2.24, 2.45) is 0 Å². The monoisotopic (exact) mass is 310 g/mol. The van der Waals surface area contributed by atoms with Crippen LogP contribution in [0.3, 0.4) is 0 Å². The van der Waals surface area contributed by atoms with Crippen LogP contribution in [0.15, 0.2) is 30.5 Å². The van der Waals surface area contributed by atoms with Crippen molar-refractivity contribution < 1.29 is 13.2 Å². The molecule has 0 amide bonds. The lowest BCUT2D eigenvalue weighted by molar-refractivity contribution is 0.199. The number of hydrogen-bond donors (Lipinski definition) is 1. The van der Waals surface area contributed by atoms with Crippen molar-refractivity contribution in [2.75, 3.05) is 32.3 Å². The minimum Gasteiger partial charge on any atom is -0.383 e. The van der Waals surface area contributed by atoms with Crippen LogP contribution >= 0.6 is 0 Å². The zero-order chi connectivity index (χ0) is 15.3. The molecule has 1 heterocycles. The van der Waals surface area contributed by atoms with Crippen molar-refractivity contribution >= 4 is 20.7 Å². The molecule has 0 unspecified atom stereocenters. The quantitative estimate of drug-likeness (QED) is 0.749. The van der Waals surface area contributed by atoms with Gasteiger partial charge in [0.25, 0.3) is 0 Å². The van der Waals surface area contributed by atoms with Crippen LogP contribution in [0.1, 0.15) is 5.56 Å². The number of aryl methyl sites for hydroxylation is 1. The van der Waals surface area contributed by atoms with E-state index in [1.807, 2.05) is 16.8 Å². The third kappa shape index (κ3) is 4.84. The molecular weight excluding hydrogens is 288 g/mol. The van der Waals surface area contributed by atoms with Gasteiger partial charge in [-0.05, 0) is 23.1 Å². The van der Waals surface area contributed by atoms with Crippen molar-refractivity contribution in [1.29, 1.82) is 0 Å². The number of rotatable bonds is 8. The van der Waals surface area contributed by atoms with Gasteiger partial charge in [-0.25, -0.2) is 8.42 Å². The zero-order valence-electron chi connectivity index (χ0n) is 12.5. The van der Waals surface area contributed by atoms with E-state index < -0.39 is 9.84 Å². The lowest BCUT2D eigenvalue weighted by Crippen LogP contribution is -2.18. The normalized spacial score (nSPS) is 12.1. The van der Waals surface area contributed by atoms with E-state index in [1.165, 1.54) is 11.8 Å². The minimum atomic E-state index is -2.95. The van der Waals surface area contributed by atoms with E-state index in [9.17, 15) is 8.42 Å². The molecule has 0 fully saturated rings. The Morgan fingerprint density at radius 3 is 2.81 bits per heavy atom. The molecule has 1 aromatic carbocycles. The van der Waals surface area contributed by atoms with E-state index in [0.29, 0.717) is 13.2 Å². The highest BCUT2D eigenvalue weighted by atomic mass is 32.2. The summed E-state index contributed by atoms with van der Waals surface area (Å²) in [6.07, 6.45) is 3.21. The molecule has 6 heteroatoms. The Bertz CT molecular complexity index is 692. The maximum Gasteiger partial charge on any atom is 0.149 e. The van der Waals surface area contributed by atoms with Crippen LogP contribution in [-0.4, -0.2) is 45.3 Å². The summed E-state index contributed by atoms with van der Waals surface area (Å²) in [5.74, 6) is 0.160. The first-order valence-electron chi connectivity index (χ1n) is 6.95. The molecule has 2 aromatic rings. The molecule has 0 radical (unpaired) electrons. The Labute approximate surface area is 125 Å². The van der Waals surface area contributed by atoms with Gasteiger partial charge in [0.05, 0.1) is 12.4 Å². The molecule has 0 bridgehead atoms. The Kier molecular flexibility index (Phi) is 5.39. The van der Waals surface area contributed by atoms with Crippen LogP contribution in [0.25, 0.3) is 10.9 Å². The molecular formula is C15H22N2O3S. The second-order valence-electron chi connectivity index (χ2n) is 5.20. The second-order valence-corrected chi connectivity index (χ2v) is 7.46. The number of fused-ring (bicyclic) bond motifs is 1. The Hall–Kier alpha value is -1.37.